The zero-order chi connectivity index (χ0) is 19.5. The van der Waals surface area contributed by atoms with Crippen molar-refractivity contribution in [1.29, 1.82) is 0 Å². The van der Waals surface area contributed by atoms with Gasteiger partial charge in [0.15, 0.2) is 11.6 Å². The van der Waals surface area contributed by atoms with E-state index in [1.54, 1.807) is 23.1 Å². The van der Waals surface area contributed by atoms with Gasteiger partial charge < -0.3 is 10.8 Å². The average Bonchev–Trinajstić information content (AvgIpc) is 3.17. The fourth-order valence-electron chi connectivity index (χ4n) is 3.19. The summed E-state index contributed by atoms with van der Waals surface area (Å²) in [7, 11) is 0. The van der Waals surface area contributed by atoms with Gasteiger partial charge in [-0.15, -0.1) is 0 Å². The molecule has 4 rings (SSSR count). The van der Waals surface area contributed by atoms with Gasteiger partial charge >= 0.3 is 0 Å². The Morgan fingerprint density at radius 1 is 1.14 bits per heavy atom. The summed E-state index contributed by atoms with van der Waals surface area (Å²) in [5.74, 6) is 1.29. The number of rotatable bonds is 6. The molecule has 7 nitrogen and oxygen atoms in total. The average molecular weight is 374 g/mol. The van der Waals surface area contributed by atoms with Crippen molar-refractivity contribution in [3.63, 3.8) is 0 Å². The molecule has 0 amide bonds. The van der Waals surface area contributed by atoms with E-state index in [-0.39, 0.29) is 12.6 Å². The molecule has 0 fully saturated rings. The second-order valence-corrected chi connectivity index (χ2v) is 6.68. The topological polar surface area (TPSA) is 103 Å². The first-order chi connectivity index (χ1) is 13.7. The van der Waals surface area contributed by atoms with Gasteiger partial charge in [0.25, 0.3) is 0 Å². The SMILES string of the molecule is CCC[C@@H](N)c1ccnc(-c2ccc3cnn(-c4cccc(CO)n4)c3c2)n1. The van der Waals surface area contributed by atoms with Crippen LogP contribution in [0.2, 0.25) is 0 Å². The van der Waals surface area contributed by atoms with E-state index >= 15 is 0 Å². The second-order valence-electron chi connectivity index (χ2n) is 6.68. The number of hydrogen-bond donors (Lipinski definition) is 2. The summed E-state index contributed by atoms with van der Waals surface area (Å²) in [4.78, 5) is 13.5. The first-order valence-corrected chi connectivity index (χ1v) is 9.33. The summed E-state index contributed by atoms with van der Waals surface area (Å²) in [6.07, 6.45) is 5.43. The summed E-state index contributed by atoms with van der Waals surface area (Å²) in [5, 5.41) is 14.8. The number of aliphatic hydroxyl groups is 1. The molecular weight excluding hydrogens is 352 g/mol. The van der Waals surface area contributed by atoms with E-state index in [2.05, 4.69) is 27.0 Å². The maximum absolute atomic E-state index is 9.36. The Hall–Kier alpha value is -3.16. The molecule has 142 valence electrons. The molecule has 28 heavy (non-hydrogen) atoms. The van der Waals surface area contributed by atoms with E-state index in [1.807, 2.05) is 36.4 Å². The molecular formula is C21H22N6O. The van der Waals surface area contributed by atoms with Crippen LogP contribution in [0.5, 0.6) is 0 Å². The third kappa shape index (κ3) is 3.49. The summed E-state index contributed by atoms with van der Waals surface area (Å²) >= 11 is 0. The smallest absolute Gasteiger partial charge is 0.159 e. The van der Waals surface area contributed by atoms with Gasteiger partial charge in [0.1, 0.15) is 0 Å². The predicted octanol–water partition coefficient (Wildman–Crippen LogP) is 3.17. The Morgan fingerprint density at radius 3 is 2.86 bits per heavy atom. The van der Waals surface area contributed by atoms with Crippen LogP contribution in [0.3, 0.4) is 0 Å². The van der Waals surface area contributed by atoms with Crippen molar-refractivity contribution in [3.8, 4) is 17.2 Å². The van der Waals surface area contributed by atoms with Crippen LogP contribution in [0.15, 0.2) is 54.9 Å². The summed E-state index contributed by atoms with van der Waals surface area (Å²) < 4.78 is 1.75. The van der Waals surface area contributed by atoms with Crippen LogP contribution in [-0.2, 0) is 6.61 Å². The van der Waals surface area contributed by atoms with Crippen LogP contribution in [0.1, 0.15) is 37.2 Å². The highest BCUT2D eigenvalue weighted by Crippen LogP contribution is 2.25. The van der Waals surface area contributed by atoms with Gasteiger partial charge in [-0.05, 0) is 30.7 Å². The third-order valence-corrected chi connectivity index (χ3v) is 4.66. The highest BCUT2D eigenvalue weighted by molar-refractivity contribution is 5.84. The molecule has 0 radical (unpaired) electrons. The first-order valence-electron chi connectivity index (χ1n) is 9.33. The minimum absolute atomic E-state index is 0.0913. The monoisotopic (exact) mass is 374 g/mol. The Balaban J connectivity index is 1.77. The molecule has 0 aliphatic heterocycles. The summed E-state index contributed by atoms with van der Waals surface area (Å²) in [6, 6.07) is 13.2. The lowest BCUT2D eigenvalue weighted by molar-refractivity contribution is 0.276. The lowest BCUT2D eigenvalue weighted by atomic mass is 10.1. The maximum Gasteiger partial charge on any atom is 0.159 e. The molecule has 0 saturated carbocycles. The highest BCUT2D eigenvalue weighted by atomic mass is 16.3. The van der Waals surface area contributed by atoms with Crippen molar-refractivity contribution < 1.29 is 5.11 Å². The minimum Gasteiger partial charge on any atom is -0.390 e. The van der Waals surface area contributed by atoms with Crippen molar-refractivity contribution in [3.05, 3.63) is 66.2 Å². The predicted molar refractivity (Wildman–Crippen MR) is 108 cm³/mol. The minimum atomic E-state index is -0.114. The summed E-state index contributed by atoms with van der Waals surface area (Å²) in [5.41, 5.74) is 9.44. The number of pyridine rings is 1. The van der Waals surface area contributed by atoms with Gasteiger partial charge in [-0.25, -0.2) is 19.6 Å². The van der Waals surface area contributed by atoms with E-state index in [1.165, 1.54) is 0 Å². The van der Waals surface area contributed by atoms with Gasteiger partial charge in [-0.2, -0.15) is 5.10 Å². The van der Waals surface area contributed by atoms with Crippen molar-refractivity contribution in [2.45, 2.75) is 32.4 Å². The number of benzene rings is 1. The molecule has 0 unspecified atom stereocenters. The largest absolute Gasteiger partial charge is 0.390 e. The van der Waals surface area contributed by atoms with Crippen LogP contribution >= 0.6 is 0 Å². The normalized spacial score (nSPS) is 12.4. The standard InChI is InChI=1S/C21H22N6O/c1-2-4-17(22)18-9-10-23-21(26-18)14-7-8-15-12-24-27(19(15)11-14)20-6-3-5-16(13-28)25-20/h3,5-12,17,28H,2,4,13,22H2,1H3/t17-/m1/s1. The Kier molecular flexibility index (Phi) is 5.10. The molecule has 0 aliphatic carbocycles. The molecule has 0 bridgehead atoms. The fourth-order valence-corrected chi connectivity index (χ4v) is 3.19. The van der Waals surface area contributed by atoms with E-state index in [9.17, 15) is 5.11 Å². The van der Waals surface area contributed by atoms with Crippen LogP contribution in [-0.4, -0.2) is 29.8 Å². The van der Waals surface area contributed by atoms with E-state index in [0.717, 1.165) is 35.0 Å². The third-order valence-electron chi connectivity index (χ3n) is 4.66. The van der Waals surface area contributed by atoms with Crippen molar-refractivity contribution >= 4 is 10.9 Å². The van der Waals surface area contributed by atoms with Crippen LogP contribution in [0.25, 0.3) is 28.1 Å². The Morgan fingerprint density at radius 2 is 2.04 bits per heavy atom. The molecule has 0 spiro atoms. The Bertz CT molecular complexity index is 1110. The zero-order valence-electron chi connectivity index (χ0n) is 15.7. The molecule has 0 saturated heterocycles. The lowest BCUT2D eigenvalue weighted by Gasteiger charge is -2.11. The van der Waals surface area contributed by atoms with Crippen molar-refractivity contribution in [1.82, 2.24) is 24.7 Å². The second kappa shape index (κ2) is 7.84. The zero-order valence-corrected chi connectivity index (χ0v) is 15.7. The summed E-state index contributed by atoms with van der Waals surface area (Å²) in [6.45, 7) is 1.99. The van der Waals surface area contributed by atoms with E-state index in [0.29, 0.717) is 17.3 Å². The fraction of sp³-hybridized carbons (Fsp3) is 0.238. The van der Waals surface area contributed by atoms with E-state index < -0.39 is 0 Å². The van der Waals surface area contributed by atoms with Gasteiger partial charge in [0.2, 0.25) is 0 Å². The number of nitrogens with zero attached hydrogens (tertiary/aromatic N) is 5. The molecule has 3 aromatic heterocycles. The number of nitrogens with two attached hydrogens (primary N) is 1. The lowest BCUT2D eigenvalue weighted by Crippen LogP contribution is -2.12. The van der Waals surface area contributed by atoms with Gasteiger partial charge in [-0.1, -0.05) is 31.5 Å². The molecule has 3 heterocycles. The van der Waals surface area contributed by atoms with Crippen LogP contribution in [0.4, 0.5) is 0 Å². The first kappa shape index (κ1) is 18.2. The van der Waals surface area contributed by atoms with Crippen LogP contribution in [0, 0.1) is 0 Å². The molecule has 1 atom stereocenters. The molecule has 1 aromatic carbocycles. The van der Waals surface area contributed by atoms with E-state index in [4.69, 9.17) is 5.73 Å². The number of hydrogen-bond acceptors (Lipinski definition) is 6. The molecule has 4 aromatic rings. The number of fused-ring (bicyclic) bond motifs is 1. The van der Waals surface area contributed by atoms with Crippen molar-refractivity contribution in [2.75, 3.05) is 0 Å². The van der Waals surface area contributed by atoms with Crippen molar-refractivity contribution in [2.24, 2.45) is 5.73 Å². The maximum atomic E-state index is 9.36. The van der Waals surface area contributed by atoms with Gasteiger partial charge in [0.05, 0.1) is 29.7 Å². The number of aromatic nitrogens is 5. The Labute approximate surface area is 162 Å². The van der Waals surface area contributed by atoms with Gasteiger partial charge in [0, 0.05) is 23.2 Å². The molecule has 3 N–H and O–H groups in total. The highest BCUT2D eigenvalue weighted by Gasteiger charge is 2.12. The number of aliphatic hydroxyl groups excluding tert-OH is 1. The van der Waals surface area contributed by atoms with Crippen LogP contribution < -0.4 is 5.73 Å². The quantitative estimate of drug-likeness (QED) is 0.537. The molecule has 0 aliphatic rings. The van der Waals surface area contributed by atoms with Gasteiger partial charge in [-0.3, -0.25) is 0 Å². The molecule has 7 heteroatoms.